The van der Waals surface area contributed by atoms with E-state index in [4.69, 9.17) is 9.72 Å². The van der Waals surface area contributed by atoms with Gasteiger partial charge in [0, 0.05) is 19.0 Å². The number of likely N-dealkylation sites (tertiary alicyclic amines) is 1. The fourth-order valence-electron chi connectivity index (χ4n) is 3.41. The minimum atomic E-state index is -0.326. The summed E-state index contributed by atoms with van der Waals surface area (Å²) in [4.78, 5) is 23.6. The van der Waals surface area contributed by atoms with Crippen molar-refractivity contribution in [3.8, 4) is 0 Å². The molecule has 5 nitrogen and oxygen atoms in total. The SMILES string of the molecule is CCOC(=O)c1cc(CN2CCC3(CC3)C2)nc(C2CC2)n1. The lowest BCUT2D eigenvalue weighted by Crippen LogP contribution is -2.22. The molecule has 0 radical (unpaired) electrons. The monoisotopic (exact) mass is 301 g/mol. The third kappa shape index (κ3) is 2.86. The number of carbonyl (C=O) groups excluding carboxylic acids is 1. The van der Waals surface area contributed by atoms with Crippen molar-refractivity contribution in [3.05, 3.63) is 23.3 Å². The maximum atomic E-state index is 12.0. The van der Waals surface area contributed by atoms with Crippen LogP contribution in [0.4, 0.5) is 0 Å². The highest BCUT2D eigenvalue weighted by atomic mass is 16.5. The zero-order chi connectivity index (χ0) is 15.2. The van der Waals surface area contributed by atoms with Crippen molar-refractivity contribution in [2.45, 2.75) is 51.5 Å². The molecule has 2 heterocycles. The van der Waals surface area contributed by atoms with Crippen molar-refractivity contribution in [2.24, 2.45) is 5.41 Å². The van der Waals surface area contributed by atoms with E-state index >= 15 is 0 Å². The molecule has 4 rings (SSSR count). The second-order valence-electron chi connectivity index (χ2n) is 7.06. The van der Waals surface area contributed by atoms with E-state index in [9.17, 15) is 4.79 Å². The second kappa shape index (κ2) is 5.30. The Morgan fingerprint density at radius 2 is 2.18 bits per heavy atom. The van der Waals surface area contributed by atoms with Crippen molar-refractivity contribution >= 4 is 5.97 Å². The first-order valence-corrected chi connectivity index (χ1v) is 8.45. The summed E-state index contributed by atoms with van der Waals surface area (Å²) in [5.74, 6) is 0.954. The molecule has 22 heavy (non-hydrogen) atoms. The van der Waals surface area contributed by atoms with Crippen LogP contribution in [0.25, 0.3) is 0 Å². The van der Waals surface area contributed by atoms with Crippen LogP contribution in [0.2, 0.25) is 0 Å². The minimum absolute atomic E-state index is 0.326. The molecule has 1 aromatic rings. The van der Waals surface area contributed by atoms with Crippen LogP contribution in [0.3, 0.4) is 0 Å². The normalized spacial score (nSPS) is 23.0. The minimum Gasteiger partial charge on any atom is -0.461 e. The number of esters is 1. The summed E-state index contributed by atoms with van der Waals surface area (Å²) in [6, 6.07) is 1.82. The maximum absolute atomic E-state index is 12.0. The number of hydrogen-bond acceptors (Lipinski definition) is 5. The molecule has 1 aromatic heterocycles. The number of aromatic nitrogens is 2. The average Bonchev–Trinajstić information content (AvgIpc) is 3.39. The van der Waals surface area contributed by atoms with E-state index in [-0.39, 0.29) is 5.97 Å². The van der Waals surface area contributed by atoms with Crippen molar-refractivity contribution in [2.75, 3.05) is 19.7 Å². The van der Waals surface area contributed by atoms with E-state index in [1.54, 1.807) is 0 Å². The molecule has 1 spiro atoms. The van der Waals surface area contributed by atoms with E-state index in [1.165, 1.54) is 25.8 Å². The van der Waals surface area contributed by atoms with Gasteiger partial charge in [-0.3, -0.25) is 4.90 Å². The highest BCUT2D eigenvalue weighted by Crippen LogP contribution is 2.52. The van der Waals surface area contributed by atoms with Gasteiger partial charge in [0.1, 0.15) is 5.82 Å². The molecule has 3 fully saturated rings. The molecule has 1 aliphatic heterocycles. The molecule has 0 N–H and O–H groups in total. The quantitative estimate of drug-likeness (QED) is 0.782. The van der Waals surface area contributed by atoms with Crippen LogP contribution in [0.15, 0.2) is 6.07 Å². The third-order valence-electron chi connectivity index (χ3n) is 5.08. The molecule has 0 amide bonds. The molecule has 0 aromatic carbocycles. The number of hydrogen-bond donors (Lipinski definition) is 0. The van der Waals surface area contributed by atoms with E-state index in [1.807, 2.05) is 13.0 Å². The molecular weight excluding hydrogens is 278 g/mol. The number of rotatable bonds is 5. The molecule has 0 unspecified atom stereocenters. The highest BCUT2D eigenvalue weighted by Gasteiger charge is 2.47. The first-order chi connectivity index (χ1) is 10.7. The Hall–Kier alpha value is -1.49. The van der Waals surface area contributed by atoms with Crippen LogP contribution in [-0.2, 0) is 11.3 Å². The van der Waals surface area contributed by atoms with Gasteiger partial charge in [-0.1, -0.05) is 0 Å². The van der Waals surface area contributed by atoms with Gasteiger partial charge in [-0.2, -0.15) is 0 Å². The van der Waals surface area contributed by atoms with Crippen molar-refractivity contribution in [1.29, 1.82) is 0 Å². The fourth-order valence-corrected chi connectivity index (χ4v) is 3.41. The molecule has 2 saturated carbocycles. The molecule has 1 saturated heterocycles. The van der Waals surface area contributed by atoms with E-state index < -0.39 is 0 Å². The van der Waals surface area contributed by atoms with Crippen LogP contribution in [0, 0.1) is 5.41 Å². The largest absolute Gasteiger partial charge is 0.461 e. The van der Waals surface area contributed by atoms with E-state index in [0.717, 1.165) is 37.4 Å². The molecule has 5 heteroatoms. The Labute approximate surface area is 131 Å². The third-order valence-corrected chi connectivity index (χ3v) is 5.08. The predicted molar refractivity (Wildman–Crippen MR) is 81.5 cm³/mol. The van der Waals surface area contributed by atoms with Gasteiger partial charge in [-0.25, -0.2) is 14.8 Å². The first-order valence-electron chi connectivity index (χ1n) is 8.45. The first kappa shape index (κ1) is 14.1. The molecular formula is C17H23N3O2. The smallest absolute Gasteiger partial charge is 0.357 e. The molecule has 118 valence electrons. The Morgan fingerprint density at radius 1 is 1.36 bits per heavy atom. The Morgan fingerprint density at radius 3 is 2.82 bits per heavy atom. The van der Waals surface area contributed by atoms with Crippen LogP contribution in [-0.4, -0.2) is 40.5 Å². The topological polar surface area (TPSA) is 55.3 Å². The zero-order valence-corrected chi connectivity index (χ0v) is 13.2. The summed E-state index contributed by atoms with van der Waals surface area (Å²) >= 11 is 0. The lowest BCUT2D eigenvalue weighted by Gasteiger charge is -2.16. The van der Waals surface area contributed by atoms with E-state index in [0.29, 0.717) is 23.6 Å². The molecule has 0 atom stereocenters. The van der Waals surface area contributed by atoms with Crippen LogP contribution >= 0.6 is 0 Å². The maximum Gasteiger partial charge on any atom is 0.357 e. The number of carbonyl (C=O) groups is 1. The Kier molecular flexibility index (Phi) is 3.40. The molecule has 2 aliphatic carbocycles. The van der Waals surface area contributed by atoms with Crippen LogP contribution in [0.5, 0.6) is 0 Å². The lowest BCUT2D eigenvalue weighted by molar-refractivity contribution is 0.0518. The van der Waals surface area contributed by atoms with Crippen LogP contribution < -0.4 is 0 Å². The summed E-state index contributed by atoms with van der Waals surface area (Å²) in [5, 5.41) is 0. The van der Waals surface area contributed by atoms with Crippen LogP contribution in [0.1, 0.15) is 67.0 Å². The van der Waals surface area contributed by atoms with Gasteiger partial charge in [0.05, 0.1) is 12.3 Å². The van der Waals surface area contributed by atoms with Gasteiger partial charge in [-0.15, -0.1) is 0 Å². The summed E-state index contributed by atoms with van der Waals surface area (Å²) in [6.07, 6.45) is 6.36. The average molecular weight is 301 g/mol. The van der Waals surface area contributed by atoms with E-state index in [2.05, 4.69) is 9.88 Å². The molecule has 0 bridgehead atoms. The highest BCUT2D eigenvalue weighted by molar-refractivity contribution is 5.87. The van der Waals surface area contributed by atoms with Crippen molar-refractivity contribution in [3.63, 3.8) is 0 Å². The Bertz CT molecular complexity index is 594. The summed E-state index contributed by atoms with van der Waals surface area (Å²) in [7, 11) is 0. The number of ether oxygens (including phenoxy) is 1. The summed E-state index contributed by atoms with van der Waals surface area (Å²) in [6.45, 7) is 5.37. The van der Waals surface area contributed by atoms with Gasteiger partial charge in [0.2, 0.25) is 0 Å². The second-order valence-corrected chi connectivity index (χ2v) is 7.06. The predicted octanol–water partition coefficient (Wildman–Crippen LogP) is 2.52. The standard InChI is InChI=1S/C17H23N3O2/c1-2-22-16(21)14-9-13(18-15(19-14)12-3-4-12)10-20-8-7-17(11-20)5-6-17/h9,12H,2-8,10-11H2,1H3. The Balaban J connectivity index is 1.53. The van der Waals surface area contributed by atoms with Crippen molar-refractivity contribution in [1.82, 2.24) is 14.9 Å². The van der Waals surface area contributed by atoms with Gasteiger partial charge in [-0.05, 0) is 57.1 Å². The zero-order valence-electron chi connectivity index (χ0n) is 13.2. The molecule has 3 aliphatic rings. The van der Waals surface area contributed by atoms with Gasteiger partial charge >= 0.3 is 5.97 Å². The number of nitrogens with zero attached hydrogens (tertiary/aromatic N) is 3. The summed E-state index contributed by atoms with van der Waals surface area (Å²) < 4.78 is 5.11. The van der Waals surface area contributed by atoms with Gasteiger partial charge < -0.3 is 4.74 Å². The van der Waals surface area contributed by atoms with Gasteiger partial charge in [0.25, 0.3) is 0 Å². The summed E-state index contributed by atoms with van der Waals surface area (Å²) in [5.41, 5.74) is 2.02. The fraction of sp³-hybridized carbons (Fsp3) is 0.706. The van der Waals surface area contributed by atoms with Crippen molar-refractivity contribution < 1.29 is 9.53 Å². The lowest BCUT2D eigenvalue weighted by atomic mass is 10.1. The van der Waals surface area contributed by atoms with Gasteiger partial charge in [0.15, 0.2) is 5.69 Å².